The zero-order valence-corrected chi connectivity index (χ0v) is 23.4. The van der Waals surface area contributed by atoms with E-state index in [0.29, 0.717) is 30.1 Å². The summed E-state index contributed by atoms with van der Waals surface area (Å²) in [6.07, 6.45) is 3.12. The first-order chi connectivity index (χ1) is 20.6. The van der Waals surface area contributed by atoms with Crippen LogP contribution >= 0.6 is 0 Å². The van der Waals surface area contributed by atoms with Crippen LogP contribution < -0.4 is 19.5 Å². The number of aromatic nitrogens is 1. The fourth-order valence-electron chi connectivity index (χ4n) is 6.41. The number of pyridine rings is 1. The summed E-state index contributed by atoms with van der Waals surface area (Å²) in [6.45, 7) is 2.84. The number of hydrogen-bond acceptors (Lipinski definition) is 8. The number of nitrogens with one attached hydrogen (secondary N) is 1. The highest BCUT2D eigenvalue weighted by atomic mass is 16.7. The Kier molecular flexibility index (Phi) is 6.53. The Hall–Kier alpha value is -4.85. The normalized spacial score (nSPS) is 20.5. The molecule has 3 heterocycles. The number of fused-ring (bicyclic) bond motifs is 4. The van der Waals surface area contributed by atoms with Crippen molar-refractivity contribution in [1.82, 2.24) is 4.98 Å². The van der Waals surface area contributed by atoms with Crippen LogP contribution in [-0.2, 0) is 14.3 Å². The number of hydrogen-bond donors (Lipinski definition) is 1. The Balaban J connectivity index is 1.39. The lowest BCUT2D eigenvalue weighted by Crippen LogP contribution is -2.40. The van der Waals surface area contributed by atoms with Crippen LogP contribution in [-0.4, -0.2) is 37.2 Å². The Morgan fingerprint density at radius 1 is 1.02 bits per heavy atom. The molecule has 3 aromatic carbocycles. The zero-order chi connectivity index (χ0) is 28.8. The minimum absolute atomic E-state index is 0.140. The highest BCUT2D eigenvalue weighted by Gasteiger charge is 2.48. The topological polar surface area (TPSA) is 96.0 Å². The van der Waals surface area contributed by atoms with Gasteiger partial charge in [-0.3, -0.25) is 14.6 Å². The Bertz CT molecular complexity index is 1750. The number of allylic oxidation sites excluding steroid dienone is 2. The van der Waals surface area contributed by atoms with Crippen LogP contribution in [0.5, 0.6) is 17.2 Å². The van der Waals surface area contributed by atoms with Crippen LogP contribution in [0.15, 0.2) is 84.2 Å². The molecule has 212 valence electrons. The molecule has 3 aliphatic rings. The van der Waals surface area contributed by atoms with E-state index in [-0.39, 0.29) is 12.6 Å². The molecule has 1 N–H and O–H groups in total. The molecule has 4 aromatic rings. The highest BCUT2D eigenvalue weighted by Crippen LogP contribution is 2.52. The van der Waals surface area contributed by atoms with E-state index in [0.717, 1.165) is 51.1 Å². The maximum absolute atomic E-state index is 14.6. The molecule has 2 aliphatic heterocycles. The van der Waals surface area contributed by atoms with Crippen molar-refractivity contribution in [3.8, 4) is 17.2 Å². The third-order valence-electron chi connectivity index (χ3n) is 8.36. The number of nitrogens with zero attached hydrogens (tertiary/aromatic N) is 1. The van der Waals surface area contributed by atoms with Gasteiger partial charge in [-0.05, 0) is 72.0 Å². The number of esters is 1. The van der Waals surface area contributed by atoms with Gasteiger partial charge in [0.1, 0.15) is 11.7 Å². The van der Waals surface area contributed by atoms with E-state index in [9.17, 15) is 9.59 Å². The van der Waals surface area contributed by atoms with Crippen LogP contribution in [0.2, 0.25) is 0 Å². The second kappa shape index (κ2) is 10.5. The summed E-state index contributed by atoms with van der Waals surface area (Å²) in [5.41, 5.74) is 5.87. The molecule has 0 radical (unpaired) electrons. The van der Waals surface area contributed by atoms with Gasteiger partial charge < -0.3 is 24.3 Å². The van der Waals surface area contributed by atoms with Gasteiger partial charge in [0.15, 0.2) is 17.3 Å². The Morgan fingerprint density at radius 3 is 2.64 bits per heavy atom. The summed E-state index contributed by atoms with van der Waals surface area (Å²) in [5, 5.41) is 4.60. The quantitative estimate of drug-likeness (QED) is 0.222. The number of methoxy groups -OCH3 is 1. The molecule has 8 heteroatoms. The van der Waals surface area contributed by atoms with Gasteiger partial charge in [0.2, 0.25) is 6.79 Å². The van der Waals surface area contributed by atoms with Crippen molar-refractivity contribution in [1.29, 1.82) is 0 Å². The summed E-state index contributed by atoms with van der Waals surface area (Å²) in [5.74, 6) is -0.622. The third kappa shape index (κ3) is 4.26. The molecule has 0 spiro atoms. The monoisotopic (exact) mass is 562 g/mol. The van der Waals surface area contributed by atoms with Crippen molar-refractivity contribution >= 4 is 28.3 Å². The fourth-order valence-corrected chi connectivity index (χ4v) is 6.41. The molecule has 0 saturated carbocycles. The van der Waals surface area contributed by atoms with E-state index in [4.69, 9.17) is 18.9 Å². The maximum Gasteiger partial charge on any atom is 0.317 e. The standard InChI is InChI=1S/C34H30N2O6/c1-3-15-40-21-9-6-19(7-10-21)29-23-11-12-25-22(5-4-14-35-25)32(23)36-26-17-24(30(34(38)39-2)33(37)31(26)29)20-8-13-27-28(16-20)42-18-41-27/h4-14,16,24,29-30,36H,3,15,17-18H2,1-2H3. The summed E-state index contributed by atoms with van der Waals surface area (Å²) < 4.78 is 22.2. The van der Waals surface area contributed by atoms with Crippen molar-refractivity contribution in [3.63, 3.8) is 0 Å². The summed E-state index contributed by atoms with van der Waals surface area (Å²) in [7, 11) is 1.33. The lowest BCUT2D eigenvalue weighted by Gasteiger charge is -2.39. The van der Waals surface area contributed by atoms with E-state index < -0.39 is 23.7 Å². The average molecular weight is 563 g/mol. The molecule has 0 amide bonds. The fraction of sp³-hybridized carbons (Fsp3) is 0.265. The first kappa shape index (κ1) is 26.1. The summed E-state index contributed by atoms with van der Waals surface area (Å²) in [4.78, 5) is 32.4. The lowest BCUT2D eigenvalue weighted by molar-refractivity contribution is -0.149. The predicted molar refractivity (Wildman–Crippen MR) is 157 cm³/mol. The van der Waals surface area contributed by atoms with Gasteiger partial charge in [0.25, 0.3) is 0 Å². The number of ether oxygens (including phenoxy) is 4. The van der Waals surface area contributed by atoms with Crippen molar-refractivity contribution in [3.05, 3.63) is 101 Å². The largest absolute Gasteiger partial charge is 0.494 e. The summed E-state index contributed by atoms with van der Waals surface area (Å²) >= 11 is 0. The van der Waals surface area contributed by atoms with Gasteiger partial charge in [0, 0.05) is 34.7 Å². The molecule has 8 nitrogen and oxygen atoms in total. The van der Waals surface area contributed by atoms with Crippen molar-refractivity contribution in [2.75, 3.05) is 25.8 Å². The third-order valence-corrected chi connectivity index (χ3v) is 8.36. The number of carbonyl (C=O) groups is 2. The van der Waals surface area contributed by atoms with Crippen LogP contribution in [0.4, 0.5) is 5.69 Å². The number of carbonyl (C=O) groups excluding carboxylic acids is 2. The SMILES string of the molecule is CCCOc1ccc(C2C3=C(CC(c4ccc5c(c4)OCO5)C(C(=O)OC)C3=O)Nc3c2ccc2ncccc32)cc1. The molecule has 0 bridgehead atoms. The lowest BCUT2D eigenvalue weighted by atomic mass is 9.67. The number of anilines is 1. The minimum Gasteiger partial charge on any atom is -0.494 e. The zero-order valence-electron chi connectivity index (χ0n) is 23.4. The Labute approximate surface area is 243 Å². The van der Waals surface area contributed by atoms with Gasteiger partial charge in [-0.25, -0.2) is 0 Å². The average Bonchev–Trinajstić information content (AvgIpc) is 3.51. The molecule has 42 heavy (non-hydrogen) atoms. The van der Waals surface area contributed by atoms with E-state index in [1.54, 1.807) is 6.20 Å². The smallest absolute Gasteiger partial charge is 0.317 e. The van der Waals surface area contributed by atoms with E-state index >= 15 is 0 Å². The van der Waals surface area contributed by atoms with Crippen LogP contribution in [0.3, 0.4) is 0 Å². The van der Waals surface area contributed by atoms with Crippen molar-refractivity contribution in [2.45, 2.75) is 31.6 Å². The molecule has 7 rings (SSSR count). The molecular weight excluding hydrogens is 532 g/mol. The summed E-state index contributed by atoms with van der Waals surface area (Å²) in [6, 6.07) is 21.4. The van der Waals surface area contributed by atoms with Gasteiger partial charge in [0.05, 0.1) is 24.9 Å². The number of rotatable bonds is 6. The van der Waals surface area contributed by atoms with Gasteiger partial charge in [-0.15, -0.1) is 0 Å². The second-order valence-corrected chi connectivity index (χ2v) is 10.8. The molecular formula is C34H30N2O6. The Morgan fingerprint density at radius 2 is 1.83 bits per heavy atom. The predicted octanol–water partition coefficient (Wildman–Crippen LogP) is 6.11. The van der Waals surface area contributed by atoms with Crippen LogP contribution in [0.1, 0.15) is 48.3 Å². The van der Waals surface area contributed by atoms with E-state index in [1.165, 1.54) is 7.11 Å². The second-order valence-electron chi connectivity index (χ2n) is 10.8. The first-order valence-corrected chi connectivity index (χ1v) is 14.2. The van der Waals surface area contributed by atoms with Gasteiger partial charge >= 0.3 is 5.97 Å². The van der Waals surface area contributed by atoms with Gasteiger partial charge in [-0.2, -0.15) is 0 Å². The van der Waals surface area contributed by atoms with Crippen molar-refractivity contribution < 1.29 is 28.5 Å². The van der Waals surface area contributed by atoms with Crippen LogP contribution in [0.25, 0.3) is 10.9 Å². The highest BCUT2D eigenvalue weighted by molar-refractivity contribution is 6.13. The molecule has 3 unspecified atom stereocenters. The molecule has 3 atom stereocenters. The number of benzene rings is 3. The van der Waals surface area contributed by atoms with Crippen molar-refractivity contribution in [2.24, 2.45) is 5.92 Å². The van der Waals surface area contributed by atoms with Crippen LogP contribution in [0, 0.1) is 5.92 Å². The van der Waals surface area contributed by atoms with E-state index in [1.807, 2.05) is 66.7 Å². The molecule has 0 saturated heterocycles. The minimum atomic E-state index is -1.01. The molecule has 0 fully saturated rings. The number of ketones is 1. The molecule has 1 aliphatic carbocycles. The van der Waals surface area contributed by atoms with E-state index in [2.05, 4.69) is 17.2 Å². The first-order valence-electron chi connectivity index (χ1n) is 14.2. The molecule has 1 aromatic heterocycles. The maximum atomic E-state index is 14.6. The van der Waals surface area contributed by atoms with Gasteiger partial charge in [-0.1, -0.05) is 31.2 Å². The number of Topliss-reactive ketones (excluding diaryl/α,β-unsaturated/α-hetero) is 1.